The molecule has 2 aliphatic carbocycles. The molecule has 4 aliphatic rings. The molecule has 7 N–H and O–H groups in total. The third-order valence-electron chi connectivity index (χ3n) is 11.4. The van der Waals surface area contributed by atoms with Crippen molar-refractivity contribution in [1.82, 2.24) is 31.1 Å². The summed E-state index contributed by atoms with van der Waals surface area (Å²) in [6, 6.07) is 2.40. The summed E-state index contributed by atoms with van der Waals surface area (Å²) in [5.41, 5.74) is 8.33. The third kappa shape index (κ3) is 8.67. The van der Waals surface area contributed by atoms with Crippen LogP contribution >= 0.6 is 0 Å². The third-order valence-corrected chi connectivity index (χ3v) is 11.4. The van der Waals surface area contributed by atoms with Crippen molar-refractivity contribution in [1.29, 1.82) is 5.41 Å². The number of hydrogen-bond acceptors (Lipinski definition) is 9. The minimum atomic E-state index is -0.984. The number of nitrogens with zero attached hydrogens (tertiary/aromatic N) is 2. The van der Waals surface area contributed by atoms with E-state index < -0.39 is 47.4 Å². The van der Waals surface area contributed by atoms with Gasteiger partial charge in [-0.3, -0.25) is 24.6 Å². The number of nitrogens with two attached hydrogens (primary N) is 1. The summed E-state index contributed by atoms with van der Waals surface area (Å²) in [6.45, 7) is 8.01. The van der Waals surface area contributed by atoms with Crippen molar-refractivity contribution in [2.24, 2.45) is 17.6 Å². The second-order valence-corrected chi connectivity index (χ2v) is 15.0. The number of fused-ring (bicyclic) bond motifs is 1. The number of rotatable bonds is 14. The van der Waals surface area contributed by atoms with Crippen molar-refractivity contribution in [3.63, 3.8) is 0 Å². The SMILES string of the molecule is C=C1CC[C@]23c4c(CC)ccc(OC)c4O[C@@H]2C(OC(=O)N2CCC(C(=O)N(C)C)CC2CNC(=O)[C@H](CCCNC(=N)N)NC(=O)CNC(C)=O)=CC[C@@H]13. The molecule has 2 heterocycles. The molecule has 2 unspecified atom stereocenters. The Hall–Kier alpha value is -5.28. The van der Waals surface area contributed by atoms with Gasteiger partial charge in [0, 0.05) is 52.1 Å². The van der Waals surface area contributed by atoms with Crippen molar-refractivity contribution >= 4 is 35.7 Å². The topological polar surface area (TPSA) is 218 Å². The molecular formula is C39H56N8O8. The zero-order chi connectivity index (χ0) is 40.0. The molecule has 0 bridgehead atoms. The Morgan fingerprint density at radius 3 is 2.62 bits per heavy atom. The Morgan fingerprint density at radius 2 is 1.95 bits per heavy atom. The number of ether oxygens (including phenoxy) is 3. The molecule has 16 heteroatoms. The Balaban J connectivity index is 1.35. The van der Waals surface area contributed by atoms with E-state index in [0.29, 0.717) is 43.1 Å². The summed E-state index contributed by atoms with van der Waals surface area (Å²) in [5, 5.41) is 18.0. The van der Waals surface area contributed by atoms with Crippen molar-refractivity contribution < 1.29 is 38.2 Å². The van der Waals surface area contributed by atoms with E-state index in [1.807, 2.05) is 12.1 Å². The number of amides is 5. The molecular weight excluding hydrogens is 708 g/mol. The quantitative estimate of drug-likeness (QED) is 0.0699. The lowest BCUT2D eigenvalue weighted by Crippen LogP contribution is -2.56. The highest BCUT2D eigenvalue weighted by molar-refractivity contribution is 5.90. The number of piperidine rings is 1. The molecule has 6 atom stereocenters. The average molecular weight is 765 g/mol. The predicted molar refractivity (Wildman–Crippen MR) is 204 cm³/mol. The number of benzene rings is 1. The molecule has 1 saturated carbocycles. The second kappa shape index (κ2) is 17.5. The van der Waals surface area contributed by atoms with Crippen molar-refractivity contribution in [2.75, 3.05) is 47.4 Å². The van der Waals surface area contributed by atoms with Gasteiger partial charge < -0.3 is 51.0 Å². The highest BCUT2D eigenvalue weighted by Crippen LogP contribution is 2.64. The fourth-order valence-corrected chi connectivity index (χ4v) is 8.68. The molecule has 1 aromatic carbocycles. The normalized spacial score (nSPS) is 24.1. The standard InChI is InChI=1S/C39H56N8O8/c1-7-24-10-12-29(53-6)33-32(24)39-16-14-22(2)27(39)11-13-30(34(39)55-33)54-38(52)47-18-15-25(36(51)46(4)5)19-26(47)20-44-35(50)28(9-8-17-42-37(40)41)45-31(49)21-43-23(3)48/h10,12-13,25-28,34H,2,7-9,11,14-21H2,1,3-6H3,(H,43,48)(H,44,50)(H,45,49)(H4,40,41,42)/t25?,26?,27-,28-,34+,39-/m0/s1. The molecule has 2 aliphatic heterocycles. The number of aryl methyl sites for hydroxylation is 1. The van der Waals surface area contributed by atoms with Crippen LogP contribution in [0.4, 0.5) is 4.79 Å². The minimum absolute atomic E-state index is 0.0117. The zero-order valence-electron chi connectivity index (χ0n) is 32.5. The van der Waals surface area contributed by atoms with Gasteiger partial charge in [0.2, 0.25) is 23.6 Å². The molecule has 55 heavy (non-hydrogen) atoms. The highest BCUT2D eigenvalue weighted by atomic mass is 16.6. The molecule has 0 radical (unpaired) electrons. The highest BCUT2D eigenvalue weighted by Gasteiger charge is 2.62. The largest absolute Gasteiger partial charge is 0.493 e. The number of hydrogen-bond donors (Lipinski definition) is 6. The van der Waals surface area contributed by atoms with Crippen LogP contribution in [0.2, 0.25) is 0 Å². The monoisotopic (exact) mass is 764 g/mol. The molecule has 2 fully saturated rings. The number of carbonyl (C=O) groups is 5. The lowest BCUT2D eigenvalue weighted by Gasteiger charge is -2.42. The smallest absolute Gasteiger partial charge is 0.415 e. The minimum Gasteiger partial charge on any atom is -0.493 e. The zero-order valence-corrected chi connectivity index (χ0v) is 32.5. The first-order valence-electron chi connectivity index (χ1n) is 19.0. The maximum Gasteiger partial charge on any atom is 0.415 e. The van der Waals surface area contributed by atoms with E-state index in [2.05, 4.69) is 40.8 Å². The van der Waals surface area contributed by atoms with Crippen LogP contribution in [0.3, 0.4) is 0 Å². The van der Waals surface area contributed by atoms with Gasteiger partial charge in [-0.15, -0.1) is 0 Å². The van der Waals surface area contributed by atoms with Crippen molar-refractivity contribution in [3.8, 4) is 11.5 Å². The number of guanidine groups is 1. The first kappa shape index (κ1) is 40.9. The lowest BCUT2D eigenvalue weighted by molar-refractivity contribution is -0.135. The van der Waals surface area contributed by atoms with Crippen LogP contribution in [0.1, 0.15) is 69.9 Å². The van der Waals surface area contributed by atoms with Crippen LogP contribution < -0.4 is 36.5 Å². The Kier molecular flexibility index (Phi) is 13.0. The number of allylic oxidation sites excluding steroid dienone is 2. The van der Waals surface area contributed by atoms with Gasteiger partial charge in [-0.1, -0.05) is 25.1 Å². The summed E-state index contributed by atoms with van der Waals surface area (Å²) < 4.78 is 18.8. The summed E-state index contributed by atoms with van der Waals surface area (Å²) in [5.74, 6) is -0.299. The Labute approximate surface area is 322 Å². The predicted octanol–water partition coefficient (Wildman–Crippen LogP) is 1.82. The molecule has 16 nitrogen and oxygen atoms in total. The molecule has 5 amide bonds. The Morgan fingerprint density at radius 1 is 1.18 bits per heavy atom. The second-order valence-electron chi connectivity index (χ2n) is 15.0. The van der Waals surface area contributed by atoms with Crippen LogP contribution in [0.5, 0.6) is 11.5 Å². The van der Waals surface area contributed by atoms with E-state index in [-0.39, 0.29) is 56.2 Å². The van der Waals surface area contributed by atoms with E-state index in [1.54, 1.807) is 26.1 Å². The van der Waals surface area contributed by atoms with Crippen LogP contribution in [0.15, 0.2) is 36.1 Å². The van der Waals surface area contributed by atoms with Crippen molar-refractivity contribution in [3.05, 3.63) is 47.2 Å². The molecule has 1 aromatic rings. The van der Waals surface area contributed by atoms with E-state index in [9.17, 15) is 24.0 Å². The van der Waals surface area contributed by atoms with Gasteiger partial charge in [-0.2, -0.15) is 0 Å². The number of methoxy groups -OCH3 is 1. The number of carbonyl (C=O) groups excluding carboxylic acids is 5. The summed E-state index contributed by atoms with van der Waals surface area (Å²) >= 11 is 0. The fourth-order valence-electron chi connectivity index (χ4n) is 8.68. The van der Waals surface area contributed by atoms with E-state index >= 15 is 0 Å². The maximum absolute atomic E-state index is 14.3. The number of nitrogens with one attached hydrogen (secondary N) is 5. The van der Waals surface area contributed by atoms with Gasteiger partial charge in [0.25, 0.3) is 0 Å². The Bertz CT molecular complexity index is 1730. The lowest BCUT2D eigenvalue weighted by atomic mass is 9.63. The summed E-state index contributed by atoms with van der Waals surface area (Å²) in [6.07, 6.45) is 5.09. The molecule has 300 valence electrons. The first-order valence-corrected chi connectivity index (χ1v) is 19.0. The molecule has 5 rings (SSSR count). The van der Waals surface area contributed by atoms with Gasteiger partial charge in [0.15, 0.2) is 23.6 Å². The van der Waals surface area contributed by atoms with Gasteiger partial charge in [-0.25, -0.2) is 4.79 Å². The fraction of sp³-hybridized carbons (Fsp3) is 0.590. The van der Waals surface area contributed by atoms with Crippen LogP contribution in [0, 0.1) is 17.2 Å². The van der Waals surface area contributed by atoms with Gasteiger partial charge in [-0.05, 0) is 75.0 Å². The van der Waals surface area contributed by atoms with Gasteiger partial charge >= 0.3 is 6.09 Å². The average Bonchev–Trinajstić information content (AvgIpc) is 3.69. The van der Waals surface area contributed by atoms with Crippen LogP contribution in [0.25, 0.3) is 0 Å². The van der Waals surface area contributed by atoms with E-state index in [0.717, 1.165) is 36.0 Å². The van der Waals surface area contributed by atoms with Crippen LogP contribution in [-0.4, -0.2) is 111 Å². The molecule has 1 spiro atoms. The van der Waals surface area contributed by atoms with Crippen LogP contribution in [-0.2, 0) is 35.8 Å². The van der Waals surface area contributed by atoms with E-state index in [4.69, 9.17) is 25.4 Å². The summed E-state index contributed by atoms with van der Waals surface area (Å²) in [4.78, 5) is 68.1. The van der Waals surface area contributed by atoms with Crippen molar-refractivity contribution in [2.45, 2.75) is 88.8 Å². The summed E-state index contributed by atoms with van der Waals surface area (Å²) in [7, 11) is 4.98. The van der Waals surface area contributed by atoms with Gasteiger partial charge in [0.05, 0.1) is 25.1 Å². The number of likely N-dealkylation sites (tertiary alicyclic amines) is 1. The van der Waals surface area contributed by atoms with E-state index in [1.165, 1.54) is 11.8 Å². The van der Waals surface area contributed by atoms with Gasteiger partial charge in [0.1, 0.15) is 11.8 Å². The first-order chi connectivity index (χ1) is 26.2. The molecule has 1 saturated heterocycles. The molecule has 0 aromatic heterocycles. The maximum atomic E-state index is 14.3.